The maximum Gasteiger partial charge on any atom is 0.337 e. The summed E-state index contributed by atoms with van der Waals surface area (Å²) < 4.78 is 6.23. The van der Waals surface area contributed by atoms with Crippen molar-refractivity contribution in [2.75, 3.05) is 0 Å². The third-order valence-electron chi connectivity index (χ3n) is 7.81. The zero-order valence-electron chi connectivity index (χ0n) is 16.9. The Labute approximate surface area is 174 Å². The fourth-order valence-corrected chi connectivity index (χ4v) is 7.76. The molecule has 0 spiro atoms. The van der Waals surface area contributed by atoms with Gasteiger partial charge >= 0.3 is 5.97 Å². The number of carbonyl (C=O) groups excluding carboxylic acids is 2. The second-order valence-corrected chi connectivity index (χ2v) is 10.6. The molecule has 4 aliphatic heterocycles. The van der Waals surface area contributed by atoms with Crippen LogP contribution in [0, 0.1) is 5.92 Å². The summed E-state index contributed by atoms with van der Waals surface area (Å²) in [5.41, 5.74) is -2.41. The van der Waals surface area contributed by atoms with Crippen molar-refractivity contribution in [3.63, 3.8) is 0 Å². The van der Waals surface area contributed by atoms with Crippen molar-refractivity contribution in [1.82, 2.24) is 10.2 Å². The number of fused-ring (bicyclic) bond motifs is 7. The molecule has 1 aliphatic carbocycles. The number of hydrogen-bond acceptors (Lipinski definition) is 5. The normalized spacial score (nSPS) is 43.3. The first-order valence-electron chi connectivity index (χ1n) is 10.7. The summed E-state index contributed by atoms with van der Waals surface area (Å²) in [4.78, 5) is 39.8. The van der Waals surface area contributed by atoms with Crippen LogP contribution in [0.1, 0.15) is 65.2 Å². The Morgan fingerprint density at radius 3 is 2.69 bits per heavy atom. The Kier molecular flexibility index (Phi) is 4.17. The quantitative estimate of drug-likeness (QED) is 0.678. The smallest absolute Gasteiger partial charge is 0.337 e. The van der Waals surface area contributed by atoms with Crippen LogP contribution >= 0.6 is 11.8 Å². The van der Waals surface area contributed by atoms with Crippen LogP contribution in [0.15, 0.2) is 11.0 Å². The van der Waals surface area contributed by atoms with E-state index in [1.165, 1.54) is 35.9 Å². The van der Waals surface area contributed by atoms with Crippen LogP contribution in [0.25, 0.3) is 0 Å². The number of carboxylic acids is 1. The highest BCUT2D eigenvalue weighted by atomic mass is 32.2. The Hall–Kier alpha value is -1.54. The molecule has 4 heterocycles. The van der Waals surface area contributed by atoms with E-state index < -0.39 is 34.1 Å². The van der Waals surface area contributed by atoms with E-state index in [-0.39, 0.29) is 11.8 Å². The number of nitrogens with zero attached hydrogens (tertiary/aromatic N) is 1. The number of hydrogen-bond donors (Lipinski definition) is 2. The summed E-state index contributed by atoms with van der Waals surface area (Å²) in [5, 5.41) is 14.7. The minimum atomic E-state index is -1.47. The van der Waals surface area contributed by atoms with Gasteiger partial charge in [0.25, 0.3) is 5.91 Å². The standard InChI is InChI=1S/C21H28N2O5S/c1-19-8-9-20(2,28-19)21(18(26)27)13(19)11-29-17-15(16(25)23(17)21)22-14(24)10-12-6-4-3-5-7-12/h11-12,15,17H,3-10H2,1-2H3,(H,22,24)(H,26,27). The van der Waals surface area contributed by atoms with Crippen LogP contribution in [0.3, 0.4) is 0 Å². The third-order valence-corrected chi connectivity index (χ3v) is 8.94. The number of amides is 2. The van der Waals surface area contributed by atoms with Gasteiger partial charge < -0.3 is 20.1 Å². The number of carboxylic acid groups (broad SMARTS) is 1. The molecule has 1 saturated carbocycles. The molecular weight excluding hydrogens is 392 g/mol. The molecule has 0 aromatic carbocycles. The van der Waals surface area contributed by atoms with E-state index in [0.29, 0.717) is 24.3 Å². The molecule has 5 atom stereocenters. The van der Waals surface area contributed by atoms with Crippen LogP contribution in [0.5, 0.6) is 0 Å². The van der Waals surface area contributed by atoms with E-state index in [2.05, 4.69) is 5.32 Å². The lowest BCUT2D eigenvalue weighted by Crippen LogP contribution is -2.82. The molecule has 0 aromatic heterocycles. The Balaban J connectivity index is 1.38. The summed E-state index contributed by atoms with van der Waals surface area (Å²) in [6.45, 7) is 3.73. The van der Waals surface area contributed by atoms with Gasteiger partial charge in [-0.1, -0.05) is 19.3 Å². The molecule has 5 rings (SSSR count). The van der Waals surface area contributed by atoms with Crippen LogP contribution < -0.4 is 5.32 Å². The molecule has 2 amide bonds. The van der Waals surface area contributed by atoms with Gasteiger partial charge in [0.15, 0.2) is 5.54 Å². The second-order valence-electron chi connectivity index (χ2n) is 9.60. The van der Waals surface area contributed by atoms with Gasteiger partial charge in [0.1, 0.15) is 17.0 Å². The van der Waals surface area contributed by atoms with Crippen molar-refractivity contribution in [1.29, 1.82) is 0 Å². The number of rotatable bonds is 4. The monoisotopic (exact) mass is 420 g/mol. The van der Waals surface area contributed by atoms with Crippen molar-refractivity contribution in [3.8, 4) is 0 Å². The highest BCUT2D eigenvalue weighted by Gasteiger charge is 2.80. The predicted molar refractivity (Wildman–Crippen MR) is 107 cm³/mol. The molecule has 7 nitrogen and oxygen atoms in total. The van der Waals surface area contributed by atoms with E-state index in [1.54, 1.807) is 0 Å². The minimum Gasteiger partial charge on any atom is -0.479 e. The number of carbonyl (C=O) groups is 3. The zero-order chi connectivity index (χ0) is 20.6. The van der Waals surface area contributed by atoms with Gasteiger partial charge in [-0.15, -0.1) is 11.8 Å². The van der Waals surface area contributed by atoms with Gasteiger partial charge in [-0.25, -0.2) is 4.79 Å². The summed E-state index contributed by atoms with van der Waals surface area (Å²) in [6.07, 6.45) is 7.49. The van der Waals surface area contributed by atoms with Crippen molar-refractivity contribution in [2.24, 2.45) is 5.92 Å². The van der Waals surface area contributed by atoms with Gasteiger partial charge in [-0.2, -0.15) is 0 Å². The van der Waals surface area contributed by atoms with E-state index in [0.717, 1.165) is 19.3 Å². The molecule has 0 aromatic rings. The average Bonchev–Trinajstić information content (AvgIpc) is 3.11. The summed E-state index contributed by atoms with van der Waals surface area (Å²) >= 11 is 1.43. The van der Waals surface area contributed by atoms with E-state index in [1.807, 2.05) is 19.3 Å². The maximum atomic E-state index is 13.2. The molecule has 29 heavy (non-hydrogen) atoms. The number of nitrogens with one attached hydrogen (secondary N) is 1. The van der Waals surface area contributed by atoms with Crippen LogP contribution in [0.4, 0.5) is 0 Å². The first-order valence-corrected chi connectivity index (χ1v) is 11.6. The highest BCUT2D eigenvalue weighted by Crippen LogP contribution is 2.66. The van der Waals surface area contributed by atoms with Gasteiger partial charge in [0.05, 0.1) is 5.60 Å². The molecule has 3 saturated heterocycles. The summed E-state index contributed by atoms with van der Waals surface area (Å²) in [5.74, 6) is -1.06. The van der Waals surface area contributed by atoms with E-state index >= 15 is 0 Å². The first-order chi connectivity index (χ1) is 13.7. The fraction of sp³-hybridized carbons (Fsp3) is 0.762. The average molecular weight is 421 g/mol. The lowest BCUT2D eigenvalue weighted by atomic mass is 9.64. The molecule has 0 radical (unpaired) electrons. The lowest BCUT2D eigenvalue weighted by molar-refractivity contribution is -0.182. The molecular formula is C21H28N2O5S. The molecule has 8 heteroatoms. The van der Waals surface area contributed by atoms with Gasteiger partial charge in [0, 0.05) is 12.0 Å². The molecule has 5 unspecified atom stereocenters. The van der Waals surface area contributed by atoms with Crippen LogP contribution in [0.2, 0.25) is 0 Å². The number of ether oxygens (including phenoxy) is 1. The van der Waals surface area contributed by atoms with E-state index in [4.69, 9.17) is 4.74 Å². The highest BCUT2D eigenvalue weighted by molar-refractivity contribution is 8.03. The third kappa shape index (κ3) is 2.39. The molecule has 2 N–H and O–H groups in total. The molecule has 4 fully saturated rings. The minimum absolute atomic E-state index is 0.1000. The maximum absolute atomic E-state index is 13.2. The van der Waals surface area contributed by atoms with Gasteiger partial charge in [0.2, 0.25) is 5.91 Å². The van der Waals surface area contributed by atoms with Gasteiger partial charge in [-0.3, -0.25) is 9.59 Å². The summed E-state index contributed by atoms with van der Waals surface area (Å²) in [6, 6.07) is -0.666. The number of thioether (sulfide) groups is 1. The van der Waals surface area contributed by atoms with Gasteiger partial charge in [-0.05, 0) is 50.9 Å². The molecule has 5 aliphatic rings. The van der Waals surface area contributed by atoms with Crippen molar-refractivity contribution >= 4 is 29.5 Å². The van der Waals surface area contributed by atoms with Crippen LogP contribution in [-0.4, -0.2) is 55.9 Å². The number of aliphatic carboxylic acids is 1. The predicted octanol–water partition coefficient (Wildman–Crippen LogP) is 2.41. The fourth-order valence-electron chi connectivity index (χ4n) is 6.34. The topological polar surface area (TPSA) is 95.9 Å². The van der Waals surface area contributed by atoms with Crippen molar-refractivity contribution in [3.05, 3.63) is 11.0 Å². The molecule has 2 bridgehead atoms. The largest absolute Gasteiger partial charge is 0.479 e. The first kappa shape index (κ1) is 19.4. The Morgan fingerprint density at radius 1 is 1.28 bits per heavy atom. The molecule has 158 valence electrons. The lowest BCUT2D eigenvalue weighted by Gasteiger charge is -2.60. The Bertz CT molecular complexity index is 824. The van der Waals surface area contributed by atoms with Crippen LogP contribution in [-0.2, 0) is 19.1 Å². The second kappa shape index (κ2) is 6.23. The summed E-state index contributed by atoms with van der Waals surface area (Å²) in [7, 11) is 0. The van der Waals surface area contributed by atoms with Crippen molar-refractivity contribution in [2.45, 2.75) is 93.4 Å². The SMILES string of the molecule is CC12CCC(C)(O1)C1(C(=O)O)C2=CSC2C(NC(=O)CC3CCCCC3)C(=O)N21. The number of β-lactam (4-membered cyclic amide) rings is 1. The Morgan fingerprint density at radius 2 is 2.00 bits per heavy atom. The van der Waals surface area contributed by atoms with E-state index in [9.17, 15) is 19.5 Å². The van der Waals surface area contributed by atoms with Crippen molar-refractivity contribution < 1.29 is 24.2 Å². The zero-order valence-corrected chi connectivity index (χ0v) is 17.7.